The van der Waals surface area contributed by atoms with Crippen molar-refractivity contribution in [3.63, 3.8) is 0 Å². The number of aromatic nitrogens is 1. The highest BCUT2D eigenvalue weighted by atomic mass is 16.5. The smallest absolute Gasteiger partial charge is 0.409 e. The Labute approximate surface area is 185 Å². The molecular formula is C24H37N3O4. The molecule has 31 heavy (non-hydrogen) atoms. The molecule has 1 aliphatic heterocycles. The second kappa shape index (κ2) is 7.52. The van der Waals surface area contributed by atoms with Crippen LogP contribution < -0.4 is 0 Å². The zero-order valence-corrected chi connectivity index (χ0v) is 19.9. The summed E-state index contributed by atoms with van der Waals surface area (Å²) in [6.45, 7) is 10.2. The van der Waals surface area contributed by atoms with Gasteiger partial charge >= 0.3 is 6.09 Å². The Hall–Kier alpha value is -2.05. The first-order valence-corrected chi connectivity index (χ1v) is 11.5. The summed E-state index contributed by atoms with van der Waals surface area (Å²) in [6, 6.07) is 0. The van der Waals surface area contributed by atoms with Gasteiger partial charge in [-0.25, -0.2) is 9.78 Å². The molecule has 7 nitrogen and oxygen atoms in total. The summed E-state index contributed by atoms with van der Waals surface area (Å²) in [5, 5.41) is 0. The van der Waals surface area contributed by atoms with Crippen LogP contribution in [0.3, 0.4) is 0 Å². The second-order valence-electron chi connectivity index (χ2n) is 11.4. The number of likely N-dealkylation sites (tertiary alicyclic amines) is 1. The molecule has 1 aromatic rings. The number of ether oxygens (including phenoxy) is 1. The van der Waals surface area contributed by atoms with E-state index in [2.05, 4.69) is 20.8 Å². The topological polar surface area (TPSA) is 75.9 Å². The number of piperidine rings is 1. The van der Waals surface area contributed by atoms with Gasteiger partial charge in [-0.2, -0.15) is 0 Å². The number of hydrogen-bond donors (Lipinski definition) is 0. The van der Waals surface area contributed by atoms with E-state index in [1.165, 1.54) is 7.11 Å². The molecule has 0 N–H and O–H groups in total. The van der Waals surface area contributed by atoms with E-state index in [1.54, 1.807) is 11.9 Å². The van der Waals surface area contributed by atoms with Gasteiger partial charge in [0.05, 0.1) is 12.8 Å². The average Bonchev–Trinajstić information content (AvgIpc) is 3.18. The van der Waals surface area contributed by atoms with E-state index in [0.717, 1.165) is 50.4 Å². The Morgan fingerprint density at radius 2 is 1.81 bits per heavy atom. The van der Waals surface area contributed by atoms with Gasteiger partial charge < -0.3 is 19.0 Å². The van der Waals surface area contributed by atoms with Gasteiger partial charge in [0.1, 0.15) is 6.26 Å². The van der Waals surface area contributed by atoms with Gasteiger partial charge in [-0.05, 0) is 50.9 Å². The SMILES string of the molecule is COC(=O)N(C)C1(C)CC(C(=O)N2CCC3(CC2)CC(c2nc(C(C)(C)C)co2)C3)C1. The van der Waals surface area contributed by atoms with Crippen molar-refractivity contribution in [1.82, 2.24) is 14.8 Å². The normalized spacial score (nSPS) is 28.1. The van der Waals surface area contributed by atoms with Crippen LogP contribution in [0, 0.1) is 11.3 Å². The van der Waals surface area contributed by atoms with E-state index in [0.29, 0.717) is 24.2 Å². The highest BCUT2D eigenvalue weighted by molar-refractivity contribution is 5.81. The lowest BCUT2D eigenvalue weighted by Gasteiger charge is -2.53. The lowest BCUT2D eigenvalue weighted by molar-refractivity contribution is -0.147. The van der Waals surface area contributed by atoms with Gasteiger partial charge in [0.25, 0.3) is 0 Å². The Balaban J connectivity index is 1.25. The predicted octanol–water partition coefficient (Wildman–Crippen LogP) is 4.33. The van der Waals surface area contributed by atoms with Gasteiger partial charge in [0.2, 0.25) is 5.91 Å². The van der Waals surface area contributed by atoms with E-state index < -0.39 is 0 Å². The zero-order valence-electron chi connectivity index (χ0n) is 19.9. The molecule has 2 heterocycles. The molecule has 4 rings (SSSR count). The molecule has 7 heteroatoms. The maximum atomic E-state index is 13.0. The molecule has 172 valence electrons. The number of hydrogen-bond acceptors (Lipinski definition) is 5. The van der Waals surface area contributed by atoms with Crippen LogP contribution in [0.15, 0.2) is 10.7 Å². The van der Waals surface area contributed by atoms with Gasteiger partial charge in [0.15, 0.2) is 5.89 Å². The van der Waals surface area contributed by atoms with Crippen LogP contribution >= 0.6 is 0 Å². The molecule has 1 aromatic heterocycles. The molecule has 0 atom stereocenters. The Bertz CT molecular complexity index is 833. The summed E-state index contributed by atoms with van der Waals surface area (Å²) in [7, 11) is 3.14. The fourth-order valence-corrected chi connectivity index (χ4v) is 5.66. The number of amides is 2. The van der Waals surface area contributed by atoms with E-state index in [4.69, 9.17) is 14.1 Å². The summed E-state index contributed by atoms with van der Waals surface area (Å²) in [5.41, 5.74) is 1.09. The molecular weight excluding hydrogens is 394 g/mol. The van der Waals surface area contributed by atoms with Gasteiger partial charge in [-0.1, -0.05) is 20.8 Å². The third-order valence-corrected chi connectivity index (χ3v) is 8.11. The van der Waals surface area contributed by atoms with Crippen molar-refractivity contribution in [3.8, 4) is 0 Å². The van der Waals surface area contributed by atoms with Crippen LogP contribution in [0.1, 0.15) is 83.7 Å². The molecule has 3 fully saturated rings. The molecule has 0 aromatic carbocycles. The minimum Gasteiger partial charge on any atom is -0.453 e. The Kier molecular flexibility index (Phi) is 5.38. The van der Waals surface area contributed by atoms with Crippen molar-refractivity contribution >= 4 is 12.0 Å². The van der Waals surface area contributed by atoms with Gasteiger partial charge in [0, 0.05) is 42.9 Å². The largest absolute Gasteiger partial charge is 0.453 e. The maximum Gasteiger partial charge on any atom is 0.409 e. The third-order valence-electron chi connectivity index (χ3n) is 8.11. The van der Waals surface area contributed by atoms with Crippen LogP contribution in [0.4, 0.5) is 4.79 Å². The van der Waals surface area contributed by atoms with Gasteiger partial charge in [-0.3, -0.25) is 4.79 Å². The van der Waals surface area contributed by atoms with E-state index >= 15 is 0 Å². The highest BCUT2D eigenvalue weighted by Crippen LogP contribution is 2.57. The van der Waals surface area contributed by atoms with Gasteiger partial charge in [-0.15, -0.1) is 0 Å². The number of nitrogens with zero attached hydrogens (tertiary/aromatic N) is 3. The molecule has 2 amide bonds. The Morgan fingerprint density at radius 1 is 1.19 bits per heavy atom. The van der Waals surface area contributed by atoms with Crippen molar-refractivity contribution in [2.45, 2.75) is 83.1 Å². The highest BCUT2D eigenvalue weighted by Gasteiger charge is 2.52. The van der Waals surface area contributed by atoms with E-state index in [-0.39, 0.29) is 28.9 Å². The molecule has 3 aliphatic rings. The Morgan fingerprint density at radius 3 is 2.32 bits per heavy atom. The summed E-state index contributed by atoms with van der Waals surface area (Å²) in [4.78, 5) is 33.2. The fraction of sp³-hybridized carbons (Fsp3) is 0.792. The molecule has 2 saturated carbocycles. The summed E-state index contributed by atoms with van der Waals surface area (Å²) in [6.07, 6.45) is 7.25. The monoisotopic (exact) mass is 431 g/mol. The number of rotatable bonds is 3. The van der Waals surface area contributed by atoms with Crippen LogP contribution in [-0.2, 0) is 14.9 Å². The first-order chi connectivity index (χ1) is 14.5. The number of carbonyl (C=O) groups is 2. The minimum atomic E-state index is -0.339. The molecule has 0 radical (unpaired) electrons. The lowest BCUT2D eigenvalue weighted by atomic mass is 9.57. The molecule has 0 bridgehead atoms. The molecule has 1 saturated heterocycles. The minimum absolute atomic E-state index is 0.0120. The maximum absolute atomic E-state index is 13.0. The number of carbonyl (C=O) groups excluding carboxylic acids is 2. The van der Waals surface area contributed by atoms with Crippen LogP contribution in [0.5, 0.6) is 0 Å². The van der Waals surface area contributed by atoms with Crippen LogP contribution in [-0.4, -0.2) is 59.6 Å². The van der Waals surface area contributed by atoms with Crippen LogP contribution in [0.25, 0.3) is 0 Å². The first kappa shape index (κ1) is 22.2. The van der Waals surface area contributed by atoms with Crippen molar-refractivity contribution in [1.29, 1.82) is 0 Å². The lowest BCUT2D eigenvalue weighted by Crippen LogP contribution is -2.60. The zero-order chi connectivity index (χ0) is 22.6. The predicted molar refractivity (Wildman–Crippen MR) is 117 cm³/mol. The van der Waals surface area contributed by atoms with Crippen LogP contribution in [0.2, 0.25) is 0 Å². The summed E-state index contributed by atoms with van der Waals surface area (Å²) in [5.74, 6) is 1.57. The fourth-order valence-electron chi connectivity index (χ4n) is 5.66. The van der Waals surface area contributed by atoms with Crippen molar-refractivity contribution < 1.29 is 18.7 Å². The van der Waals surface area contributed by atoms with Crippen molar-refractivity contribution in [2.24, 2.45) is 11.3 Å². The quantitative estimate of drug-likeness (QED) is 0.712. The molecule has 2 aliphatic carbocycles. The summed E-state index contributed by atoms with van der Waals surface area (Å²) >= 11 is 0. The summed E-state index contributed by atoms with van der Waals surface area (Å²) < 4.78 is 10.6. The second-order valence-corrected chi connectivity index (χ2v) is 11.4. The molecule has 1 spiro atoms. The van der Waals surface area contributed by atoms with E-state index in [9.17, 15) is 9.59 Å². The molecule has 0 unspecified atom stereocenters. The number of methoxy groups -OCH3 is 1. The standard InChI is InChI=1S/C24H37N3O4/c1-22(2,3)18-15-31-19(25-18)16-13-24(14-16)7-9-27(10-8-24)20(28)17-11-23(4,12-17)26(5)21(29)30-6/h15-17H,7-14H2,1-6H3. The van der Waals surface area contributed by atoms with E-state index in [1.807, 2.05) is 18.1 Å². The average molecular weight is 432 g/mol. The van der Waals surface area contributed by atoms with Crippen molar-refractivity contribution in [2.75, 3.05) is 27.2 Å². The first-order valence-electron chi connectivity index (χ1n) is 11.5. The number of oxazole rings is 1. The van der Waals surface area contributed by atoms with Crippen molar-refractivity contribution in [3.05, 3.63) is 17.8 Å². The third kappa shape index (κ3) is 3.96.